The lowest BCUT2D eigenvalue weighted by atomic mass is 9.97. The summed E-state index contributed by atoms with van der Waals surface area (Å²) in [6.07, 6.45) is 3.18. The van der Waals surface area contributed by atoms with Crippen molar-refractivity contribution in [3.63, 3.8) is 0 Å². The lowest BCUT2D eigenvalue weighted by Crippen LogP contribution is -2.54. The van der Waals surface area contributed by atoms with E-state index in [0.717, 1.165) is 19.4 Å². The molecule has 0 radical (unpaired) electrons. The van der Waals surface area contributed by atoms with Gasteiger partial charge in [0.15, 0.2) is 0 Å². The van der Waals surface area contributed by atoms with E-state index in [1.807, 2.05) is 6.92 Å². The fourth-order valence-electron chi connectivity index (χ4n) is 2.64. The Hall–Kier alpha value is -0.160. The Balaban J connectivity index is 2.20. The molecule has 0 aromatic heterocycles. The zero-order valence-electron chi connectivity index (χ0n) is 12.5. The monoisotopic (exact) mass is 257 g/mol. The zero-order valence-corrected chi connectivity index (χ0v) is 12.5. The predicted octanol–water partition coefficient (Wildman–Crippen LogP) is 0.891. The maximum absolute atomic E-state index is 9.10. The van der Waals surface area contributed by atoms with Crippen LogP contribution in [-0.4, -0.2) is 65.8 Å². The molecule has 3 unspecified atom stereocenters. The molecule has 18 heavy (non-hydrogen) atoms. The summed E-state index contributed by atoms with van der Waals surface area (Å²) in [7, 11) is 2.22. The smallest absolute Gasteiger partial charge is 0.0608 e. The standard InChI is InChI=1S/C14H31N3O/c1-12-9-17(10-13(2)16(12)4)8-6-5-7-14(3,15)11-18/h12-13,18H,5-11,15H2,1-4H3. The maximum Gasteiger partial charge on any atom is 0.0608 e. The maximum atomic E-state index is 9.10. The van der Waals surface area contributed by atoms with Crippen LogP contribution in [0.4, 0.5) is 0 Å². The minimum atomic E-state index is -0.400. The molecule has 108 valence electrons. The summed E-state index contributed by atoms with van der Waals surface area (Å²) in [4.78, 5) is 5.02. The molecular weight excluding hydrogens is 226 g/mol. The Labute approximate surface area is 112 Å². The minimum Gasteiger partial charge on any atom is -0.394 e. The zero-order chi connectivity index (χ0) is 13.8. The highest BCUT2D eigenvalue weighted by molar-refractivity contribution is 4.83. The summed E-state index contributed by atoms with van der Waals surface area (Å²) >= 11 is 0. The third-order valence-electron chi connectivity index (χ3n) is 4.27. The molecule has 0 aromatic carbocycles. The van der Waals surface area contributed by atoms with Gasteiger partial charge in [-0.15, -0.1) is 0 Å². The molecule has 4 nitrogen and oxygen atoms in total. The third-order valence-corrected chi connectivity index (χ3v) is 4.27. The second-order valence-electron chi connectivity index (χ2n) is 6.39. The van der Waals surface area contributed by atoms with Gasteiger partial charge in [0.1, 0.15) is 0 Å². The Kier molecular flexibility index (Phi) is 6.05. The van der Waals surface area contributed by atoms with Gasteiger partial charge < -0.3 is 15.7 Å². The molecule has 1 rings (SSSR count). The molecule has 1 fully saturated rings. The molecule has 1 heterocycles. The molecule has 1 aliphatic rings. The van der Waals surface area contributed by atoms with Gasteiger partial charge in [0.05, 0.1) is 6.61 Å². The third kappa shape index (κ3) is 4.84. The number of aliphatic hydroxyl groups is 1. The van der Waals surface area contributed by atoms with E-state index in [2.05, 4.69) is 30.7 Å². The minimum absolute atomic E-state index is 0.0789. The summed E-state index contributed by atoms with van der Waals surface area (Å²) in [5.74, 6) is 0. The molecule has 0 aromatic rings. The molecule has 0 amide bonds. The van der Waals surface area contributed by atoms with Gasteiger partial charge in [-0.2, -0.15) is 0 Å². The number of hydrogen-bond donors (Lipinski definition) is 2. The first-order valence-corrected chi connectivity index (χ1v) is 7.20. The highest BCUT2D eigenvalue weighted by Gasteiger charge is 2.26. The van der Waals surface area contributed by atoms with Crippen LogP contribution in [0, 0.1) is 0 Å². The van der Waals surface area contributed by atoms with Crippen LogP contribution in [0.15, 0.2) is 0 Å². The van der Waals surface area contributed by atoms with Gasteiger partial charge in [-0.05, 0) is 47.2 Å². The average molecular weight is 257 g/mol. The van der Waals surface area contributed by atoms with E-state index < -0.39 is 5.54 Å². The average Bonchev–Trinajstić information content (AvgIpc) is 2.31. The van der Waals surface area contributed by atoms with Crippen molar-refractivity contribution in [3.8, 4) is 0 Å². The van der Waals surface area contributed by atoms with E-state index in [-0.39, 0.29) is 6.61 Å². The lowest BCUT2D eigenvalue weighted by Gasteiger charge is -2.42. The topological polar surface area (TPSA) is 52.7 Å². The number of nitrogens with two attached hydrogens (primary N) is 1. The SMILES string of the molecule is CC1CN(CCCCC(C)(N)CO)CC(C)N1C. The number of nitrogens with zero attached hydrogens (tertiary/aromatic N) is 2. The van der Waals surface area contributed by atoms with Gasteiger partial charge in [-0.25, -0.2) is 0 Å². The van der Waals surface area contributed by atoms with Crippen molar-refractivity contribution in [2.24, 2.45) is 5.73 Å². The van der Waals surface area contributed by atoms with Crippen LogP contribution in [0.1, 0.15) is 40.0 Å². The van der Waals surface area contributed by atoms with Crippen molar-refractivity contribution in [2.75, 3.05) is 33.3 Å². The van der Waals surface area contributed by atoms with Gasteiger partial charge in [-0.3, -0.25) is 4.90 Å². The number of piperazine rings is 1. The lowest BCUT2D eigenvalue weighted by molar-refractivity contribution is 0.0586. The largest absolute Gasteiger partial charge is 0.394 e. The molecule has 3 atom stereocenters. The van der Waals surface area contributed by atoms with Crippen LogP contribution in [-0.2, 0) is 0 Å². The normalized spacial score (nSPS) is 30.3. The fraction of sp³-hybridized carbons (Fsp3) is 1.00. The number of aliphatic hydroxyl groups excluding tert-OH is 1. The molecule has 0 saturated carbocycles. The molecule has 0 aliphatic carbocycles. The Morgan fingerprint density at radius 3 is 2.28 bits per heavy atom. The van der Waals surface area contributed by atoms with Gasteiger partial charge in [0.25, 0.3) is 0 Å². The second-order valence-corrected chi connectivity index (χ2v) is 6.39. The van der Waals surface area contributed by atoms with Crippen LogP contribution >= 0.6 is 0 Å². The first-order valence-electron chi connectivity index (χ1n) is 7.20. The van der Waals surface area contributed by atoms with E-state index in [0.29, 0.717) is 12.1 Å². The number of likely N-dealkylation sites (N-methyl/N-ethyl adjacent to an activating group) is 1. The first-order chi connectivity index (χ1) is 8.35. The highest BCUT2D eigenvalue weighted by Crippen LogP contribution is 2.15. The summed E-state index contributed by atoms with van der Waals surface area (Å²) in [6, 6.07) is 1.29. The van der Waals surface area contributed by atoms with E-state index in [1.165, 1.54) is 19.5 Å². The first kappa shape index (κ1) is 15.9. The quantitative estimate of drug-likeness (QED) is 0.694. The molecule has 0 bridgehead atoms. The second kappa shape index (κ2) is 6.85. The summed E-state index contributed by atoms with van der Waals surface area (Å²) in [5, 5.41) is 9.10. The predicted molar refractivity (Wildman–Crippen MR) is 76.7 cm³/mol. The van der Waals surface area contributed by atoms with Crippen molar-refractivity contribution in [1.29, 1.82) is 0 Å². The van der Waals surface area contributed by atoms with Gasteiger partial charge >= 0.3 is 0 Å². The number of hydrogen-bond acceptors (Lipinski definition) is 4. The van der Waals surface area contributed by atoms with Crippen molar-refractivity contribution in [3.05, 3.63) is 0 Å². The Morgan fingerprint density at radius 2 is 1.78 bits per heavy atom. The molecule has 4 heteroatoms. The van der Waals surface area contributed by atoms with Gasteiger partial charge in [-0.1, -0.05) is 6.42 Å². The van der Waals surface area contributed by atoms with E-state index in [9.17, 15) is 0 Å². The van der Waals surface area contributed by atoms with Crippen molar-refractivity contribution < 1.29 is 5.11 Å². The Bertz CT molecular complexity index is 233. The number of rotatable bonds is 6. The summed E-state index contributed by atoms with van der Waals surface area (Å²) in [5.41, 5.74) is 5.53. The fourth-order valence-corrected chi connectivity index (χ4v) is 2.64. The van der Waals surface area contributed by atoms with Crippen LogP contribution in [0.25, 0.3) is 0 Å². The van der Waals surface area contributed by atoms with Crippen LogP contribution in [0.3, 0.4) is 0 Å². The van der Waals surface area contributed by atoms with E-state index in [1.54, 1.807) is 0 Å². The highest BCUT2D eigenvalue weighted by atomic mass is 16.3. The van der Waals surface area contributed by atoms with Crippen LogP contribution in [0.5, 0.6) is 0 Å². The molecule has 0 spiro atoms. The van der Waals surface area contributed by atoms with Crippen molar-refractivity contribution in [2.45, 2.75) is 57.7 Å². The van der Waals surface area contributed by atoms with E-state index >= 15 is 0 Å². The van der Waals surface area contributed by atoms with Gasteiger partial charge in [0, 0.05) is 30.7 Å². The van der Waals surface area contributed by atoms with E-state index in [4.69, 9.17) is 10.8 Å². The van der Waals surface area contributed by atoms with Crippen LogP contribution < -0.4 is 5.73 Å². The van der Waals surface area contributed by atoms with Crippen molar-refractivity contribution >= 4 is 0 Å². The molecule has 3 N–H and O–H groups in total. The number of unbranched alkanes of at least 4 members (excludes halogenated alkanes) is 1. The molecular formula is C14H31N3O. The molecule has 1 saturated heterocycles. The summed E-state index contributed by atoms with van der Waals surface area (Å²) in [6.45, 7) is 10.1. The van der Waals surface area contributed by atoms with Gasteiger partial charge in [0.2, 0.25) is 0 Å². The summed E-state index contributed by atoms with van der Waals surface area (Å²) < 4.78 is 0. The molecule has 1 aliphatic heterocycles. The Morgan fingerprint density at radius 1 is 1.22 bits per heavy atom. The van der Waals surface area contributed by atoms with Crippen LogP contribution in [0.2, 0.25) is 0 Å². The van der Waals surface area contributed by atoms with Crippen molar-refractivity contribution in [1.82, 2.24) is 9.80 Å².